The number of carbonyl (C=O) groups is 1. The van der Waals surface area contributed by atoms with E-state index >= 15 is 0 Å². The van der Waals surface area contributed by atoms with Gasteiger partial charge in [-0.15, -0.1) is 0 Å². The van der Waals surface area contributed by atoms with Crippen molar-refractivity contribution in [3.63, 3.8) is 0 Å². The van der Waals surface area contributed by atoms with Gasteiger partial charge in [0, 0.05) is 17.4 Å². The van der Waals surface area contributed by atoms with Crippen LogP contribution in [0, 0.1) is 24.2 Å². The van der Waals surface area contributed by atoms with Crippen molar-refractivity contribution in [3.05, 3.63) is 33.8 Å². The largest absolute Gasteiger partial charge is 0.459 e. The number of aryl methyl sites for hydroxylation is 1. The second-order valence-corrected chi connectivity index (χ2v) is 9.40. The third-order valence-electron chi connectivity index (χ3n) is 7.97. The first-order valence-electron chi connectivity index (χ1n) is 9.74. The summed E-state index contributed by atoms with van der Waals surface area (Å²) < 4.78 is 5.90. The molecule has 136 valence electrons. The molecular formula is C22H29ClO2. The first-order valence-corrected chi connectivity index (χ1v) is 10.1. The predicted molar refractivity (Wildman–Crippen MR) is 101 cm³/mol. The van der Waals surface area contributed by atoms with Gasteiger partial charge in [0.15, 0.2) is 0 Å². The highest BCUT2D eigenvalue weighted by Crippen LogP contribution is 2.65. The van der Waals surface area contributed by atoms with Crippen LogP contribution in [0.2, 0.25) is 5.02 Å². The van der Waals surface area contributed by atoms with E-state index in [9.17, 15) is 4.79 Å². The minimum Gasteiger partial charge on any atom is -0.459 e. The lowest BCUT2D eigenvalue weighted by molar-refractivity contribution is -0.173. The Labute approximate surface area is 156 Å². The lowest BCUT2D eigenvalue weighted by Crippen LogP contribution is -2.51. The molecule has 3 aliphatic rings. The highest BCUT2D eigenvalue weighted by Gasteiger charge is 2.62. The summed E-state index contributed by atoms with van der Waals surface area (Å²) >= 11 is 6.67. The first-order chi connectivity index (χ1) is 11.8. The van der Waals surface area contributed by atoms with Crippen LogP contribution in [0.4, 0.5) is 0 Å². The van der Waals surface area contributed by atoms with Gasteiger partial charge in [0.05, 0.1) is 0 Å². The summed E-state index contributed by atoms with van der Waals surface area (Å²) in [5, 5.41) is 0.958. The first kappa shape index (κ1) is 17.4. The lowest BCUT2D eigenvalue weighted by Gasteiger charge is -2.53. The summed E-state index contributed by atoms with van der Waals surface area (Å²) in [4.78, 5) is 11.7. The van der Waals surface area contributed by atoms with Crippen LogP contribution in [0.1, 0.15) is 75.5 Å². The monoisotopic (exact) mass is 360 g/mol. The molecule has 3 aliphatic carbocycles. The highest BCUT2D eigenvalue weighted by atomic mass is 35.5. The maximum Gasteiger partial charge on any atom is 0.303 e. The second-order valence-electron chi connectivity index (χ2n) is 8.99. The molecule has 25 heavy (non-hydrogen) atoms. The summed E-state index contributed by atoms with van der Waals surface area (Å²) in [7, 11) is 0. The third kappa shape index (κ3) is 2.40. The summed E-state index contributed by atoms with van der Waals surface area (Å²) in [6, 6.07) is 4.26. The number of ether oxygens (including phenoxy) is 1. The fraction of sp³-hybridized carbons (Fsp3) is 0.682. The summed E-state index contributed by atoms with van der Waals surface area (Å²) in [6.45, 7) is 8.31. The molecule has 0 radical (unpaired) electrons. The minimum absolute atomic E-state index is 0.0909. The van der Waals surface area contributed by atoms with Crippen LogP contribution in [0.15, 0.2) is 12.1 Å². The van der Waals surface area contributed by atoms with Crippen LogP contribution in [-0.4, -0.2) is 11.6 Å². The SMILES string of the molecule is CC(=O)O[C@]1(C)CC[C@@H]2[C@@H]3CCc4c(C)ccc(Cl)c4[C@@H]3CC[C@@]21C. The van der Waals surface area contributed by atoms with Crippen molar-refractivity contribution in [2.45, 2.75) is 77.7 Å². The summed E-state index contributed by atoms with van der Waals surface area (Å²) in [5.41, 5.74) is 4.10. The van der Waals surface area contributed by atoms with Crippen molar-refractivity contribution in [2.75, 3.05) is 0 Å². The molecule has 0 spiro atoms. The van der Waals surface area contributed by atoms with Crippen molar-refractivity contribution in [2.24, 2.45) is 17.3 Å². The quantitative estimate of drug-likeness (QED) is 0.589. The van der Waals surface area contributed by atoms with Crippen LogP contribution in [0.3, 0.4) is 0 Å². The van der Waals surface area contributed by atoms with Crippen molar-refractivity contribution >= 4 is 17.6 Å². The molecule has 0 unspecified atom stereocenters. The molecule has 0 bridgehead atoms. The molecule has 2 nitrogen and oxygen atoms in total. The van der Waals surface area contributed by atoms with Gasteiger partial charge in [0.1, 0.15) is 5.60 Å². The van der Waals surface area contributed by atoms with Crippen molar-refractivity contribution in [1.29, 1.82) is 0 Å². The summed E-state index contributed by atoms with van der Waals surface area (Å²) in [6.07, 6.45) is 6.82. The van der Waals surface area contributed by atoms with Gasteiger partial charge in [0.2, 0.25) is 0 Å². The molecule has 2 fully saturated rings. The van der Waals surface area contributed by atoms with E-state index in [0.717, 1.165) is 30.7 Å². The van der Waals surface area contributed by atoms with Gasteiger partial charge in [-0.3, -0.25) is 4.79 Å². The van der Waals surface area contributed by atoms with E-state index in [0.29, 0.717) is 17.8 Å². The van der Waals surface area contributed by atoms with Crippen LogP contribution >= 0.6 is 11.6 Å². The number of hydrogen-bond donors (Lipinski definition) is 0. The number of hydrogen-bond acceptors (Lipinski definition) is 2. The Kier molecular flexibility index (Phi) is 3.99. The molecule has 0 N–H and O–H groups in total. The van der Waals surface area contributed by atoms with Crippen LogP contribution in [0.25, 0.3) is 0 Å². The molecule has 0 aromatic heterocycles. The van der Waals surface area contributed by atoms with Gasteiger partial charge < -0.3 is 4.74 Å². The Morgan fingerprint density at radius 3 is 2.68 bits per heavy atom. The predicted octanol–water partition coefficient (Wildman–Crippen LogP) is 5.83. The molecule has 0 aliphatic heterocycles. The topological polar surface area (TPSA) is 26.3 Å². The van der Waals surface area contributed by atoms with E-state index in [-0.39, 0.29) is 17.0 Å². The molecule has 0 heterocycles. The number of rotatable bonds is 1. The van der Waals surface area contributed by atoms with E-state index in [2.05, 4.69) is 32.9 Å². The smallest absolute Gasteiger partial charge is 0.303 e. The van der Waals surface area contributed by atoms with Gasteiger partial charge in [-0.2, -0.15) is 0 Å². The molecule has 1 aromatic rings. The maximum atomic E-state index is 11.7. The highest BCUT2D eigenvalue weighted by molar-refractivity contribution is 6.31. The molecule has 4 rings (SSSR count). The lowest BCUT2D eigenvalue weighted by atomic mass is 9.53. The molecule has 5 atom stereocenters. The van der Waals surface area contributed by atoms with E-state index < -0.39 is 0 Å². The standard InChI is InChI=1S/C22H29ClO2/c1-13-5-8-19(23)20-15(13)6-7-16-17(20)9-11-21(3)18(16)10-12-22(21,4)25-14(2)24/h5,8,16-18H,6-7,9-12H2,1-4H3/t16-,17-,18-,21+,22-/m1/s1. The minimum atomic E-state index is -0.314. The van der Waals surface area contributed by atoms with Crippen molar-refractivity contribution in [1.82, 2.24) is 0 Å². The van der Waals surface area contributed by atoms with Crippen molar-refractivity contribution in [3.8, 4) is 0 Å². The fourth-order valence-electron chi connectivity index (χ4n) is 6.55. The number of esters is 1. The van der Waals surface area contributed by atoms with E-state index in [1.165, 1.54) is 29.5 Å². The van der Waals surface area contributed by atoms with E-state index in [1.54, 1.807) is 6.92 Å². The number of fused-ring (bicyclic) bond motifs is 5. The normalized spacial score (nSPS) is 39.3. The molecule has 0 amide bonds. The third-order valence-corrected chi connectivity index (χ3v) is 8.30. The van der Waals surface area contributed by atoms with Gasteiger partial charge in [-0.25, -0.2) is 0 Å². The molecule has 0 saturated heterocycles. The Hall–Kier alpha value is -1.02. The summed E-state index contributed by atoms with van der Waals surface area (Å²) in [5.74, 6) is 1.73. The van der Waals surface area contributed by atoms with Crippen LogP contribution < -0.4 is 0 Å². The number of halogens is 1. The molecule has 1 aromatic carbocycles. The Bertz CT molecular complexity index is 727. The molecule has 2 saturated carbocycles. The second kappa shape index (κ2) is 5.74. The molecule has 3 heteroatoms. The van der Waals surface area contributed by atoms with Gasteiger partial charge in [-0.1, -0.05) is 24.6 Å². The van der Waals surface area contributed by atoms with E-state index in [1.807, 2.05) is 0 Å². The van der Waals surface area contributed by atoms with Gasteiger partial charge in [0.25, 0.3) is 0 Å². The Morgan fingerprint density at radius 1 is 1.20 bits per heavy atom. The zero-order valence-electron chi connectivity index (χ0n) is 15.8. The van der Waals surface area contributed by atoms with E-state index in [4.69, 9.17) is 16.3 Å². The van der Waals surface area contributed by atoms with Crippen LogP contribution in [0.5, 0.6) is 0 Å². The maximum absolute atomic E-state index is 11.7. The average Bonchev–Trinajstić information content (AvgIpc) is 2.81. The van der Waals surface area contributed by atoms with Gasteiger partial charge in [-0.05, 0) is 92.9 Å². The Morgan fingerprint density at radius 2 is 1.96 bits per heavy atom. The van der Waals surface area contributed by atoms with Gasteiger partial charge >= 0.3 is 5.97 Å². The fourth-order valence-corrected chi connectivity index (χ4v) is 6.87. The van der Waals surface area contributed by atoms with Crippen molar-refractivity contribution < 1.29 is 9.53 Å². The van der Waals surface area contributed by atoms with Crippen LogP contribution in [-0.2, 0) is 16.0 Å². The average molecular weight is 361 g/mol. The number of carbonyl (C=O) groups excluding carboxylic acids is 1. The Balaban J connectivity index is 1.71. The number of benzene rings is 1. The zero-order chi connectivity index (χ0) is 18.0. The zero-order valence-corrected chi connectivity index (χ0v) is 16.6. The molecular weight excluding hydrogens is 332 g/mol.